The van der Waals surface area contributed by atoms with Crippen LogP contribution < -0.4 is 10.7 Å². The Balaban J connectivity index is 1.52. The van der Waals surface area contributed by atoms with Gasteiger partial charge in [-0.05, 0) is 37.5 Å². The highest BCUT2D eigenvalue weighted by molar-refractivity contribution is 6.07. The van der Waals surface area contributed by atoms with Crippen molar-refractivity contribution in [1.82, 2.24) is 10.7 Å². The number of carbonyl (C=O) groups excluding carboxylic acids is 2. The van der Waals surface area contributed by atoms with E-state index in [0.717, 1.165) is 35.3 Å². The fraction of sp³-hybridized carbons (Fsp3) is 0.227. The van der Waals surface area contributed by atoms with Gasteiger partial charge in [0.25, 0.3) is 5.91 Å². The summed E-state index contributed by atoms with van der Waals surface area (Å²) < 4.78 is 10.9. The van der Waals surface area contributed by atoms with Gasteiger partial charge in [0.05, 0.1) is 12.0 Å². The highest BCUT2D eigenvalue weighted by Crippen LogP contribution is 2.29. The molecule has 29 heavy (non-hydrogen) atoms. The lowest BCUT2D eigenvalue weighted by Gasteiger charge is -2.13. The van der Waals surface area contributed by atoms with E-state index in [-0.39, 0.29) is 17.4 Å². The summed E-state index contributed by atoms with van der Waals surface area (Å²) in [4.78, 5) is 24.7. The quantitative estimate of drug-likeness (QED) is 0.650. The first-order valence-corrected chi connectivity index (χ1v) is 9.48. The molecule has 4 rings (SSSR count). The minimum Gasteiger partial charge on any atom is -0.459 e. The van der Waals surface area contributed by atoms with Gasteiger partial charge in [0.2, 0.25) is 0 Å². The predicted molar refractivity (Wildman–Crippen MR) is 107 cm³/mol. The number of nitrogens with zero attached hydrogens (tertiary/aromatic N) is 1. The molecular formula is C22H21N3O4. The van der Waals surface area contributed by atoms with Crippen LogP contribution in [0.3, 0.4) is 0 Å². The van der Waals surface area contributed by atoms with Crippen molar-refractivity contribution in [2.45, 2.75) is 32.7 Å². The molecule has 7 nitrogen and oxygen atoms in total. The van der Waals surface area contributed by atoms with Gasteiger partial charge in [0, 0.05) is 24.1 Å². The first kappa shape index (κ1) is 18.7. The maximum absolute atomic E-state index is 12.7. The van der Waals surface area contributed by atoms with Crippen LogP contribution in [0.1, 0.15) is 56.4 Å². The summed E-state index contributed by atoms with van der Waals surface area (Å²) in [6.07, 6.45) is 3.69. The van der Waals surface area contributed by atoms with Crippen LogP contribution in [0.5, 0.6) is 0 Å². The van der Waals surface area contributed by atoms with Crippen molar-refractivity contribution in [1.29, 1.82) is 0 Å². The van der Waals surface area contributed by atoms with Crippen molar-refractivity contribution in [3.05, 3.63) is 82.7 Å². The monoisotopic (exact) mass is 391 g/mol. The second-order valence-corrected chi connectivity index (χ2v) is 6.85. The molecule has 2 amide bonds. The predicted octanol–water partition coefficient (Wildman–Crippen LogP) is 3.58. The van der Waals surface area contributed by atoms with Gasteiger partial charge in [-0.1, -0.05) is 30.3 Å². The highest BCUT2D eigenvalue weighted by Gasteiger charge is 2.28. The Morgan fingerprint density at radius 1 is 1.07 bits per heavy atom. The summed E-state index contributed by atoms with van der Waals surface area (Å²) in [6.45, 7) is 2.26. The molecule has 0 bridgehead atoms. The van der Waals surface area contributed by atoms with E-state index in [1.165, 1.54) is 6.26 Å². The van der Waals surface area contributed by atoms with Crippen molar-refractivity contribution in [2.75, 3.05) is 0 Å². The number of hydrogen-bond donors (Lipinski definition) is 2. The average Bonchev–Trinajstić information content (AvgIpc) is 3.40. The van der Waals surface area contributed by atoms with Gasteiger partial charge in [0.1, 0.15) is 5.76 Å². The molecule has 1 aromatic carbocycles. The Morgan fingerprint density at radius 3 is 2.66 bits per heavy atom. The number of aryl methyl sites for hydroxylation is 1. The maximum atomic E-state index is 12.7. The van der Waals surface area contributed by atoms with Gasteiger partial charge >= 0.3 is 5.91 Å². The zero-order valence-electron chi connectivity index (χ0n) is 16.0. The van der Waals surface area contributed by atoms with Crippen molar-refractivity contribution in [3.8, 4) is 0 Å². The molecule has 0 saturated carbocycles. The Bertz CT molecular complexity index is 1050. The third-order valence-corrected chi connectivity index (χ3v) is 4.87. The van der Waals surface area contributed by atoms with Crippen molar-refractivity contribution in [2.24, 2.45) is 5.10 Å². The molecule has 7 heteroatoms. The van der Waals surface area contributed by atoms with Crippen molar-refractivity contribution < 1.29 is 18.4 Å². The molecule has 0 fully saturated rings. The largest absolute Gasteiger partial charge is 0.459 e. The van der Waals surface area contributed by atoms with E-state index in [2.05, 4.69) is 15.8 Å². The van der Waals surface area contributed by atoms with Gasteiger partial charge in [0.15, 0.2) is 11.5 Å². The number of hydrazone groups is 1. The Morgan fingerprint density at radius 2 is 1.90 bits per heavy atom. The fourth-order valence-electron chi connectivity index (χ4n) is 3.44. The first-order valence-electron chi connectivity index (χ1n) is 9.48. The van der Waals surface area contributed by atoms with E-state index in [9.17, 15) is 9.59 Å². The lowest BCUT2D eigenvalue weighted by molar-refractivity contribution is 0.0916. The second kappa shape index (κ2) is 8.18. The molecular weight excluding hydrogens is 370 g/mol. The first-order chi connectivity index (χ1) is 14.1. The van der Waals surface area contributed by atoms with Crippen molar-refractivity contribution in [3.63, 3.8) is 0 Å². The Hall–Kier alpha value is -3.61. The van der Waals surface area contributed by atoms with E-state index in [4.69, 9.17) is 8.83 Å². The molecule has 0 saturated heterocycles. The molecule has 0 spiro atoms. The average molecular weight is 391 g/mol. The van der Waals surface area contributed by atoms with Crippen LogP contribution in [-0.4, -0.2) is 17.5 Å². The number of carbonyl (C=O) groups is 2. The number of hydrogen-bond acceptors (Lipinski definition) is 5. The second-order valence-electron chi connectivity index (χ2n) is 6.85. The van der Waals surface area contributed by atoms with E-state index in [1.807, 2.05) is 37.3 Å². The minimum atomic E-state index is -0.420. The van der Waals surface area contributed by atoms with Crippen LogP contribution in [0.4, 0.5) is 0 Å². The van der Waals surface area contributed by atoms with Crippen LogP contribution in [0.15, 0.2) is 62.7 Å². The summed E-state index contributed by atoms with van der Waals surface area (Å²) >= 11 is 0. The van der Waals surface area contributed by atoms with Gasteiger partial charge < -0.3 is 14.2 Å². The lowest BCUT2D eigenvalue weighted by atomic mass is 9.93. The number of furan rings is 2. The zero-order valence-corrected chi connectivity index (χ0v) is 16.0. The number of benzene rings is 1. The normalized spacial score (nSPS) is 14.4. The summed E-state index contributed by atoms with van der Waals surface area (Å²) in [6, 6.07) is 12.9. The van der Waals surface area contributed by atoms with E-state index in [1.54, 1.807) is 12.1 Å². The Labute approximate surface area is 167 Å². The molecule has 1 aliphatic carbocycles. The summed E-state index contributed by atoms with van der Waals surface area (Å²) in [7, 11) is 0. The van der Waals surface area contributed by atoms with Crippen molar-refractivity contribution >= 4 is 17.5 Å². The maximum Gasteiger partial charge on any atom is 0.307 e. The molecule has 0 aliphatic heterocycles. The summed E-state index contributed by atoms with van der Waals surface area (Å²) in [5.74, 6) is 0.522. The summed E-state index contributed by atoms with van der Waals surface area (Å²) in [5, 5.41) is 7.17. The molecule has 3 aromatic rings. The molecule has 0 unspecified atom stereocenters. The molecule has 2 N–H and O–H groups in total. The SMILES string of the molecule is Cc1c(C(=O)NCc2ccccc2)oc2c1/C(=N/NC(=O)c1ccco1)CCC2. The molecule has 0 atom stereocenters. The van der Waals surface area contributed by atoms with Crippen LogP contribution in [0, 0.1) is 6.92 Å². The fourth-order valence-corrected chi connectivity index (χ4v) is 3.44. The summed E-state index contributed by atoms with van der Waals surface area (Å²) in [5.41, 5.74) is 5.78. The number of nitrogens with one attached hydrogen (secondary N) is 2. The van der Waals surface area contributed by atoms with E-state index in [0.29, 0.717) is 18.7 Å². The molecule has 148 valence electrons. The third-order valence-electron chi connectivity index (χ3n) is 4.87. The number of rotatable bonds is 5. The van der Waals surface area contributed by atoms with E-state index >= 15 is 0 Å². The number of amides is 2. The van der Waals surface area contributed by atoms with Gasteiger partial charge in [-0.15, -0.1) is 0 Å². The smallest absolute Gasteiger partial charge is 0.307 e. The topological polar surface area (TPSA) is 96.8 Å². The van der Waals surface area contributed by atoms with Crippen LogP contribution in [0.25, 0.3) is 0 Å². The molecule has 2 heterocycles. The third kappa shape index (κ3) is 3.99. The van der Waals surface area contributed by atoms with E-state index < -0.39 is 5.91 Å². The zero-order chi connectivity index (χ0) is 20.2. The van der Waals surface area contributed by atoms with Crippen LogP contribution in [0.2, 0.25) is 0 Å². The minimum absolute atomic E-state index is 0.190. The molecule has 1 aliphatic rings. The highest BCUT2D eigenvalue weighted by atomic mass is 16.4. The van der Waals surface area contributed by atoms with Gasteiger partial charge in [-0.3, -0.25) is 9.59 Å². The van der Waals surface area contributed by atoms with Crippen LogP contribution in [-0.2, 0) is 13.0 Å². The molecule has 2 aromatic heterocycles. The van der Waals surface area contributed by atoms with Crippen LogP contribution >= 0.6 is 0 Å². The van der Waals surface area contributed by atoms with Gasteiger partial charge in [-0.2, -0.15) is 5.10 Å². The van der Waals surface area contributed by atoms with Gasteiger partial charge in [-0.25, -0.2) is 5.43 Å². The molecule has 0 radical (unpaired) electrons. The Kier molecular flexibility index (Phi) is 5.29. The standard InChI is InChI=1S/C22H21N3O4/c1-14-19-16(24-25-21(26)18-11-6-12-28-18)9-5-10-17(19)29-20(14)22(27)23-13-15-7-3-2-4-8-15/h2-4,6-8,11-12H,5,9-10,13H2,1H3,(H,23,27)(H,25,26)/b24-16+. The number of fused-ring (bicyclic) bond motifs is 1. The lowest BCUT2D eigenvalue weighted by Crippen LogP contribution is -2.23.